The molecule has 0 saturated heterocycles. The van der Waals surface area contributed by atoms with Gasteiger partial charge < -0.3 is 9.73 Å². The van der Waals surface area contributed by atoms with E-state index in [1.165, 1.54) is 6.33 Å². The van der Waals surface area contributed by atoms with Crippen molar-refractivity contribution in [2.24, 2.45) is 0 Å². The molecule has 2 rings (SSSR count). The van der Waals surface area contributed by atoms with E-state index in [9.17, 15) is 0 Å². The van der Waals surface area contributed by atoms with Gasteiger partial charge in [-0.1, -0.05) is 6.92 Å². The summed E-state index contributed by atoms with van der Waals surface area (Å²) in [5.41, 5.74) is 0.954. The molecule has 2 aromatic heterocycles. The molecule has 0 radical (unpaired) electrons. The maximum Gasteiger partial charge on any atom is 0.193 e. The van der Waals surface area contributed by atoms with Gasteiger partial charge in [0.05, 0.1) is 6.04 Å². The second kappa shape index (κ2) is 5.09. The number of nitrogens with one attached hydrogen (secondary N) is 1. The number of hydrogen-bond donors (Lipinski definition) is 1. The molecule has 2 heterocycles. The maximum atomic E-state index is 5.77. The lowest BCUT2D eigenvalue weighted by molar-refractivity contribution is 0.452. The number of aromatic nitrogens is 2. The molecule has 0 aromatic carbocycles. The Morgan fingerprint density at radius 1 is 1.38 bits per heavy atom. The van der Waals surface area contributed by atoms with Crippen LogP contribution in [0.15, 0.2) is 35.3 Å². The van der Waals surface area contributed by atoms with Crippen LogP contribution in [-0.4, -0.2) is 16.5 Å². The van der Waals surface area contributed by atoms with Crippen LogP contribution in [0.3, 0.4) is 0 Å². The molecule has 0 aliphatic rings. The molecule has 0 fully saturated rings. The lowest BCUT2D eigenvalue weighted by Gasteiger charge is -2.14. The van der Waals surface area contributed by atoms with Gasteiger partial charge in [0, 0.05) is 18.0 Å². The zero-order valence-corrected chi connectivity index (χ0v) is 9.61. The highest BCUT2D eigenvalue weighted by Crippen LogP contribution is 2.24. The molecule has 0 bridgehead atoms. The summed E-state index contributed by atoms with van der Waals surface area (Å²) >= 11 is 5.77. The Morgan fingerprint density at radius 3 is 2.69 bits per heavy atom. The summed E-state index contributed by atoms with van der Waals surface area (Å²) < 4.78 is 5.40. The highest BCUT2D eigenvalue weighted by molar-refractivity contribution is 6.28. The fourth-order valence-corrected chi connectivity index (χ4v) is 1.68. The van der Waals surface area contributed by atoms with Gasteiger partial charge in [0.25, 0.3) is 0 Å². The number of nitrogens with zero attached hydrogens (tertiary/aromatic N) is 2. The van der Waals surface area contributed by atoms with Gasteiger partial charge in [0.1, 0.15) is 12.1 Å². The highest BCUT2D eigenvalue weighted by Gasteiger charge is 2.16. The second-order valence-corrected chi connectivity index (χ2v) is 3.68. The molecule has 0 amide bonds. The van der Waals surface area contributed by atoms with Gasteiger partial charge in [-0.2, -0.15) is 0 Å². The van der Waals surface area contributed by atoms with E-state index in [-0.39, 0.29) is 6.04 Å². The van der Waals surface area contributed by atoms with Crippen molar-refractivity contribution in [3.8, 4) is 0 Å². The second-order valence-electron chi connectivity index (χ2n) is 3.30. The van der Waals surface area contributed by atoms with E-state index in [2.05, 4.69) is 15.3 Å². The van der Waals surface area contributed by atoms with Crippen molar-refractivity contribution in [1.82, 2.24) is 15.3 Å². The Labute approximate surface area is 98.7 Å². The van der Waals surface area contributed by atoms with E-state index in [1.54, 1.807) is 18.5 Å². The Balaban J connectivity index is 2.31. The van der Waals surface area contributed by atoms with Gasteiger partial charge in [0.15, 0.2) is 5.22 Å². The number of rotatable bonds is 4. The minimum absolute atomic E-state index is 0.0568. The van der Waals surface area contributed by atoms with Gasteiger partial charge in [-0.25, -0.2) is 9.97 Å². The van der Waals surface area contributed by atoms with Crippen LogP contribution in [0.1, 0.15) is 24.3 Å². The van der Waals surface area contributed by atoms with Crippen molar-refractivity contribution in [1.29, 1.82) is 0 Å². The summed E-state index contributed by atoms with van der Waals surface area (Å²) in [5.74, 6) is 0.765. The van der Waals surface area contributed by atoms with Gasteiger partial charge >= 0.3 is 0 Å². The zero-order chi connectivity index (χ0) is 11.4. The molecular weight excluding hydrogens is 226 g/mol. The first-order valence-corrected chi connectivity index (χ1v) is 5.42. The largest absolute Gasteiger partial charge is 0.448 e. The predicted molar refractivity (Wildman–Crippen MR) is 61.3 cm³/mol. The van der Waals surface area contributed by atoms with E-state index in [0.29, 0.717) is 5.22 Å². The van der Waals surface area contributed by atoms with Crippen molar-refractivity contribution in [2.75, 3.05) is 6.54 Å². The number of furan rings is 1. The third-order valence-corrected chi connectivity index (χ3v) is 2.40. The number of halogens is 1. The molecule has 0 aliphatic heterocycles. The molecule has 1 atom stereocenters. The Bertz CT molecular complexity index is 444. The third kappa shape index (κ3) is 2.40. The molecule has 0 aliphatic carbocycles. The lowest BCUT2D eigenvalue weighted by atomic mass is 10.1. The minimum Gasteiger partial charge on any atom is -0.448 e. The smallest absolute Gasteiger partial charge is 0.193 e. The fourth-order valence-electron chi connectivity index (χ4n) is 1.53. The van der Waals surface area contributed by atoms with E-state index >= 15 is 0 Å². The third-order valence-electron chi connectivity index (χ3n) is 2.20. The van der Waals surface area contributed by atoms with Crippen LogP contribution < -0.4 is 5.32 Å². The Kier molecular flexibility index (Phi) is 3.54. The normalized spacial score (nSPS) is 12.6. The molecule has 2 aromatic rings. The molecule has 84 valence electrons. The quantitative estimate of drug-likeness (QED) is 0.887. The molecule has 1 unspecified atom stereocenters. The van der Waals surface area contributed by atoms with Crippen LogP contribution in [-0.2, 0) is 0 Å². The van der Waals surface area contributed by atoms with Crippen LogP contribution in [0.2, 0.25) is 5.22 Å². The zero-order valence-electron chi connectivity index (χ0n) is 8.85. The van der Waals surface area contributed by atoms with Crippen LogP contribution >= 0.6 is 11.6 Å². The van der Waals surface area contributed by atoms with Gasteiger partial charge in [-0.3, -0.25) is 0 Å². The van der Waals surface area contributed by atoms with Crippen molar-refractivity contribution in [3.63, 3.8) is 0 Å². The molecular formula is C11H12ClN3O. The van der Waals surface area contributed by atoms with Crippen LogP contribution in [0, 0.1) is 0 Å². The lowest BCUT2D eigenvalue weighted by Crippen LogP contribution is -2.21. The van der Waals surface area contributed by atoms with E-state index in [4.69, 9.17) is 16.0 Å². The van der Waals surface area contributed by atoms with Crippen molar-refractivity contribution in [3.05, 3.63) is 47.4 Å². The Morgan fingerprint density at radius 2 is 2.12 bits per heavy atom. The standard InChI is InChI=1S/C11H12ClN3O/c1-2-15-11(8-5-13-7-14-6-8)9-3-4-10(12)16-9/h3-7,11,15H,2H2,1H3. The highest BCUT2D eigenvalue weighted by atomic mass is 35.5. The molecule has 1 N–H and O–H groups in total. The van der Waals surface area contributed by atoms with Gasteiger partial charge in [0.2, 0.25) is 0 Å². The first kappa shape index (κ1) is 11.1. The summed E-state index contributed by atoms with van der Waals surface area (Å²) in [6.07, 6.45) is 5.02. The molecule has 0 saturated carbocycles. The van der Waals surface area contributed by atoms with Crippen molar-refractivity contribution in [2.45, 2.75) is 13.0 Å². The van der Waals surface area contributed by atoms with E-state index < -0.39 is 0 Å². The first-order chi connectivity index (χ1) is 7.81. The van der Waals surface area contributed by atoms with Crippen LogP contribution in [0.4, 0.5) is 0 Å². The SMILES string of the molecule is CCNC(c1cncnc1)c1ccc(Cl)o1. The molecule has 4 nitrogen and oxygen atoms in total. The molecule has 0 spiro atoms. The Hall–Kier alpha value is -1.39. The average Bonchev–Trinajstić information content (AvgIpc) is 2.74. The topological polar surface area (TPSA) is 51.0 Å². The maximum absolute atomic E-state index is 5.77. The monoisotopic (exact) mass is 237 g/mol. The van der Waals surface area contributed by atoms with E-state index in [0.717, 1.165) is 17.9 Å². The summed E-state index contributed by atoms with van der Waals surface area (Å²) in [5, 5.41) is 3.68. The number of hydrogen-bond acceptors (Lipinski definition) is 4. The van der Waals surface area contributed by atoms with Crippen molar-refractivity contribution < 1.29 is 4.42 Å². The first-order valence-electron chi connectivity index (χ1n) is 5.04. The van der Waals surface area contributed by atoms with Crippen molar-refractivity contribution >= 4 is 11.6 Å². The van der Waals surface area contributed by atoms with Crippen LogP contribution in [0.5, 0.6) is 0 Å². The summed E-state index contributed by atoms with van der Waals surface area (Å²) in [7, 11) is 0. The molecule has 16 heavy (non-hydrogen) atoms. The molecule has 5 heteroatoms. The van der Waals surface area contributed by atoms with E-state index in [1.807, 2.05) is 13.0 Å². The predicted octanol–water partition coefficient (Wildman–Crippen LogP) is 2.42. The summed E-state index contributed by atoms with van der Waals surface area (Å²) in [4.78, 5) is 7.99. The minimum atomic E-state index is -0.0568. The summed E-state index contributed by atoms with van der Waals surface area (Å²) in [6, 6.07) is 3.52. The average molecular weight is 238 g/mol. The summed E-state index contributed by atoms with van der Waals surface area (Å²) in [6.45, 7) is 2.85. The van der Waals surface area contributed by atoms with Gasteiger partial charge in [-0.05, 0) is 30.3 Å². The fraction of sp³-hybridized carbons (Fsp3) is 0.273. The van der Waals surface area contributed by atoms with Gasteiger partial charge in [-0.15, -0.1) is 0 Å². The van der Waals surface area contributed by atoms with Crippen LogP contribution in [0.25, 0.3) is 0 Å².